The highest BCUT2D eigenvalue weighted by molar-refractivity contribution is 6.06. The summed E-state index contributed by atoms with van der Waals surface area (Å²) in [5.74, 6) is -32.8. The number of nitrogens with two attached hydrogens (primary N) is 3. The van der Waals surface area contributed by atoms with Crippen LogP contribution in [-0.2, 0) is 107 Å². The number of ketones is 2. The van der Waals surface area contributed by atoms with Crippen molar-refractivity contribution in [3.8, 4) is 0 Å². The van der Waals surface area contributed by atoms with E-state index in [2.05, 4.69) is 70.4 Å². The largest absolute Gasteiger partial charge is 0.481 e. The van der Waals surface area contributed by atoms with Gasteiger partial charge >= 0.3 is 29.8 Å². The number of rotatable bonds is 40. The van der Waals surface area contributed by atoms with Crippen molar-refractivity contribution >= 4 is 152 Å². The number of aliphatic hydroxyl groups is 1. The Morgan fingerprint density at radius 3 is 1.60 bits per heavy atom. The van der Waals surface area contributed by atoms with Gasteiger partial charge < -0.3 is 127 Å². The number of amides is 15. The number of carbonyl (C=O) groups is 22. The van der Waals surface area contributed by atoms with Crippen molar-refractivity contribution in [3.05, 3.63) is 95.7 Å². The van der Waals surface area contributed by atoms with Crippen LogP contribution in [0.4, 0.5) is 11.4 Å². The molecular formula is C83H112N18O28. The van der Waals surface area contributed by atoms with Gasteiger partial charge in [-0.3, -0.25) is 101 Å². The van der Waals surface area contributed by atoms with Crippen molar-refractivity contribution < 1.29 is 136 Å². The molecule has 0 saturated carbocycles. The van der Waals surface area contributed by atoms with E-state index in [1.165, 1.54) is 43.3 Å². The van der Waals surface area contributed by atoms with Gasteiger partial charge in [-0.25, -0.2) is 4.79 Å². The van der Waals surface area contributed by atoms with Gasteiger partial charge in [0, 0.05) is 77.7 Å². The number of anilines is 2. The highest BCUT2D eigenvalue weighted by atomic mass is 16.5. The minimum atomic E-state index is -2.52. The summed E-state index contributed by atoms with van der Waals surface area (Å²) >= 11 is 0. The fourth-order valence-corrected chi connectivity index (χ4v) is 13.3. The van der Waals surface area contributed by atoms with E-state index in [1.807, 2.05) is 16.0 Å². The maximum absolute atomic E-state index is 15.0. The zero-order chi connectivity index (χ0) is 95.9. The summed E-state index contributed by atoms with van der Waals surface area (Å²) in [6.45, 7) is 2.13. The van der Waals surface area contributed by atoms with Gasteiger partial charge in [0.1, 0.15) is 72.6 Å². The van der Waals surface area contributed by atoms with Gasteiger partial charge in [0.15, 0.2) is 11.6 Å². The number of benzene rings is 3. The fraction of sp³-hybridized carbons (Fsp3) is 0.494. The van der Waals surface area contributed by atoms with Crippen molar-refractivity contribution in [1.29, 1.82) is 0 Å². The first-order chi connectivity index (χ1) is 61.0. The molecule has 5 rings (SSSR count). The Morgan fingerprint density at radius 1 is 0.496 bits per heavy atom. The fourth-order valence-electron chi connectivity index (χ4n) is 13.3. The number of unbranched alkanes of at least 4 members (excludes halogenated alkanes) is 6. The number of aromatic amines is 1. The number of hydrogen-bond acceptors (Lipinski definition) is 26. The number of esters is 1. The third-order valence-electron chi connectivity index (χ3n) is 20.3. The molecule has 15 amide bonds. The van der Waals surface area contributed by atoms with E-state index < -0.39 is 279 Å². The molecule has 2 heterocycles. The Kier molecular flexibility index (Phi) is 42.7. The molecule has 1 aromatic heterocycles. The lowest BCUT2D eigenvalue weighted by Crippen LogP contribution is -2.62. The molecule has 46 nitrogen and oxygen atoms in total. The number of nitrogen functional groups attached to an aromatic ring is 2. The number of nitrogens with one attached hydrogen (secondary N) is 15. The summed E-state index contributed by atoms with van der Waals surface area (Å²) < 4.78 is 5.73. The second kappa shape index (κ2) is 52.4. The van der Waals surface area contributed by atoms with E-state index >= 15 is 9.59 Å². The van der Waals surface area contributed by atoms with E-state index in [1.54, 1.807) is 42.6 Å². The first kappa shape index (κ1) is 105. The van der Waals surface area contributed by atoms with E-state index in [0.29, 0.717) is 29.3 Å². The van der Waals surface area contributed by atoms with Gasteiger partial charge in [0.05, 0.1) is 51.8 Å². The number of carboxylic acid groups (broad SMARTS) is 4. The molecule has 702 valence electrons. The van der Waals surface area contributed by atoms with Crippen LogP contribution in [0.5, 0.6) is 0 Å². The molecule has 46 heteroatoms. The summed E-state index contributed by atoms with van der Waals surface area (Å²) in [7, 11) is 0. The Labute approximate surface area is 738 Å². The van der Waals surface area contributed by atoms with Gasteiger partial charge in [0.2, 0.25) is 88.6 Å². The van der Waals surface area contributed by atoms with E-state index in [4.69, 9.17) is 21.9 Å². The summed E-state index contributed by atoms with van der Waals surface area (Å²) in [5, 5.41) is 81.8. The van der Waals surface area contributed by atoms with Crippen LogP contribution < -0.4 is 91.6 Å². The predicted molar refractivity (Wildman–Crippen MR) is 453 cm³/mol. The number of cyclic esters (lactones) is 1. The number of aromatic nitrogens is 1. The molecule has 0 aliphatic carbocycles. The van der Waals surface area contributed by atoms with Gasteiger partial charge in [-0.1, -0.05) is 102 Å². The van der Waals surface area contributed by atoms with Crippen molar-refractivity contribution in [3.63, 3.8) is 0 Å². The molecular weight excluding hydrogens is 1700 g/mol. The molecule has 26 N–H and O–H groups in total. The van der Waals surface area contributed by atoms with E-state index in [9.17, 15) is 121 Å². The minimum absolute atomic E-state index is 0.0380. The summed E-state index contributed by atoms with van der Waals surface area (Å²) in [6, 6.07) is -5.30. The van der Waals surface area contributed by atoms with Gasteiger partial charge in [-0.05, 0) is 74.9 Å². The molecule has 1 unspecified atom stereocenters. The minimum Gasteiger partial charge on any atom is -0.481 e. The number of aliphatic carboxylic acids is 4. The van der Waals surface area contributed by atoms with Crippen molar-refractivity contribution in [2.24, 2.45) is 17.6 Å². The van der Waals surface area contributed by atoms with Gasteiger partial charge in [-0.15, -0.1) is 0 Å². The van der Waals surface area contributed by atoms with E-state index in [-0.39, 0.29) is 54.7 Å². The standard InChI is InChI=1S/C83H112N18O28/c1-6-7-8-9-10-11-12-27-63(106)93-53(31-45-37-88-51-25-18-15-20-46(45)51)77(122)96-54(33-62(86)105)78(123)98-57(36-69(115)116)79(124)101-71-44(5)129-83(128)58(32-61(104)48-22-14-17-24-50(48)85)99-82(127)70(41(2)30-66(109)110)100-80(125)59(40-102)94-65(108)38-89-74(119)55(34-67(111)112)95-73(118)43(4)91-76(121)56(35-68(113)114)97-75(120)52(92-64(107)39-90-81(71)126)26-19-28-87-72(117)42(3)29-60(103)47-21-13-16-23-49(47)84/h13-18,20-25,37,41-44,52-59,70-71,88,102H,6-12,19,26-36,38-40,84-85H2,1-5H3,(H2,86,105)(H,87,117)(H,89,119)(H,90,126)(H,91,121)(H,92,107)(H,93,106)(H,94,108)(H,95,118)(H,96,122)(H,97,120)(H,98,123)(H,99,127)(H,100,125)(H,101,124)(H,109,110)(H,111,112)(H,113,114)(H,115,116)/t41-,42?,43-,44-,52+,53+,54+,55+,56+,57+,58+,59-,70+,71+/m1/s1. The second-order valence-electron chi connectivity index (χ2n) is 30.9. The molecule has 0 radical (unpaired) electrons. The zero-order valence-corrected chi connectivity index (χ0v) is 71.5. The van der Waals surface area contributed by atoms with Crippen LogP contribution in [0, 0.1) is 11.8 Å². The molecule has 4 aromatic rings. The number of fused-ring (bicyclic) bond motifs is 1. The highest BCUT2D eigenvalue weighted by Crippen LogP contribution is 2.23. The van der Waals surface area contributed by atoms with Crippen molar-refractivity contribution in [2.75, 3.05) is 37.7 Å². The smallest absolute Gasteiger partial charge is 0.329 e. The van der Waals surface area contributed by atoms with Crippen LogP contribution in [-0.4, -0.2) is 259 Å². The Bertz CT molecular complexity index is 4770. The zero-order valence-electron chi connectivity index (χ0n) is 71.5. The lowest BCUT2D eigenvalue weighted by molar-refractivity contribution is -0.156. The number of aliphatic hydroxyl groups excluding tert-OH is 1. The lowest BCUT2D eigenvalue weighted by Gasteiger charge is -2.30. The van der Waals surface area contributed by atoms with Crippen LogP contribution in [0.1, 0.15) is 170 Å². The van der Waals surface area contributed by atoms with Crippen LogP contribution >= 0.6 is 0 Å². The average molecular weight is 1810 g/mol. The van der Waals surface area contributed by atoms with Crippen LogP contribution in [0.2, 0.25) is 0 Å². The molecule has 14 atom stereocenters. The number of para-hydroxylation sites is 3. The molecule has 0 bridgehead atoms. The SMILES string of the molecule is CCCCCCCCCC(=O)N[C@@H](Cc1c[nH]c2ccccc12)C(=O)N[C@@H](CC(N)=O)C(=O)N[C@@H](CC(=O)O)C(=O)N[C@@H]1C(=O)NCC(=O)N[C@@H](CCCNC(=O)C(C)CC(=O)c2ccccc2N)C(=O)N[C@@H](CC(=O)O)C(=O)N[C@H](C)C(=O)N[C@@H](CC(=O)O)C(=O)NCC(=O)N[C@H](CO)C(=O)N[C@@H]([C@H](C)CC(=O)O)C(=O)N[C@@H](CC(=O)c2ccccc2N)C(=O)O[C@@H]1C. The first-order valence-corrected chi connectivity index (χ1v) is 41.4. The normalized spacial score (nSPS) is 20.3. The molecule has 1 aliphatic rings. The molecule has 129 heavy (non-hydrogen) atoms. The average Bonchev–Trinajstić information content (AvgIpc) is 1.72. The van der Waals surface area contributed by atoms with Crippen molar-refractivity contribution in [2.45, 2.75) is 223 Å². The molecule has 3 aromatic carbocycles. The second-order valence-corrected chi connectivity index (χ2v) is 30.9. The molecule has 0 spiro atoms. The quantitative estimate of drug-likeness (QED) is 0.00874. The third-order valence-corrected chi connectivity index (χ3v) is 20.3. The summed E-state index contributed by atoms with van der Waals surface area (Å²) in [5.41, 5.74) is 18.6. The number of Topliss-reactive ketones (excluding diaryl/α,β-unsaturated/α-hetero) is 2. The molecule has 1 aliphatic heterocycles. The maximum Gasteiger partial charge on any atom is 0.329 e. The maximum atomic E-state index is 15.0. The lowest BCUT2D eigenvalue weighted by atomic mass is 9.96. The summed E-state index contributed by atoms with van der Waals surface area (Å²) in [4.78, 5) is 306. The summed E-state index contributed by atoms with van der Waals surface area (Å²) in [6.07, 6.45) is -3.54. The van der Waals surface area contributed by atoms with Crippen LogP contribution in [0.3, 0.4) is 0 Å². The number of carbonyl (C=O) groups excluding carboxylic acids is 18. The van der Waals surface area contributed by atoms with Crippen molar-refractivity contribution in [1.82, 2.24) is 79.4 Å². The number of carboxylic acids is 4. The number of primary amides is 1. The number of ether oxygens (including phenoxy) is 1. The monoisotopic (exact) mass is 1810 g/mol. The molecule has 1 fully saturated rings. The molecule has 1 saturated heterocycles. The predicted octanol–water partition coefficient (Wildman–Crippen LogP) is -3.97. The number of H-pyrrole nitrogens is 1. The topological polar surface area (TPSA) is 748 Å². The number of hydrogen-bond donors (Lipinski definition) is 23. The van der Waals surface area contributed by atoms with Gasteiger partial charge in [-0.2, -0.15) is 0 Å². The highest BCUT2D eigenvalue weighted by Gasteiger charge is 2.42. The Hall–Kier alpha value is -14.5. The Morgan fingerprint density at radius 2 is 1.02 bits per heavy atom. The first-order valence-electron chi connectivity index (χ1n) is 41.4. The van der Waals surface area contributed by atoms with Gasteiger partial charge in [0.25, 0.3) is 0 Å². The third kappa shape index (κ3) is 35.5. The van der Waals surface area contributed by atoms with Crippen LogP contribution in [0.15, 0.2) is 79.0 Å². The van der Waals surface area contributed by atoms with E-state index in [0.717, 1.165) is 52.9 Å². The Balaban J connectivity index is 1.64. The van der Waals surface area contributed by atoms with Crippen LogP contribution in [0.25, 0.3) is 10.9 Å².